The van der Waals surface area contributed by atoms with Gasteiger partial charge in [-0.25, -0.2) is 0 Å². The highest BCUT2D eigenvalue weighted by Gasteiger charge is 2.50. The minimum absolute atomic E-state index is 0.140. The van der Waals surface area contributed by atoms with Crippen molar-refractivity contribution in [1.29, 1.82) is 0 Å². The SMILES string of the molecule is CCc1ccccc1OC1CC(N)C1(C)CC. The molecule has 0 saturated heterocycles. The van der Waals surface area contributed by atoms with E-state index in [9.17, 15) is 0 Å². The van der Waals surface area contributed by atoms with E-state index in [1.807, 2.05) is 6.07 Å². The van der Waals surface area contributed by atoms with Crippen molar-refractivity contribution in [2.45, 2.75) is 52.2 Å². The van der Waals surface area contributed by atoms with E-state index in [2.05, 4.69) is 39.0 Å². The number of hydrogen-bond acceptors (Lipinski definition) is 2. The Morgan fingerprint density at radius 2 is 2.06 bits per heavy atom. The lowest BCUT2D eigenvalue weighted by molar-refractivity contribution is -0.0564. The van der Waals surface area contributed by atoms with E-state index in [1.165, 1.54) is 5.56 Å². The maximum atomic E-state index is 6.17. The number of nitrogens with two attached hydrogens (primary N) is 1. The highest BCUT2D eigenvalue weighted by atomic mass is 16.5. The van der Waals surface area contributed by atoms with Crippen LogP contribution in [0, 0.1) is 5.41 Å². The third kappa shape index (κ3) is 2.06. The van der Waals surface area contributed by atoms with Gasteiger partial charge in [0.15, 0.2) is 0 Å². The average molecular weight is 233 g/mol. The summed E-state index contributed by atoms with van der Waals surface area (Å²) in [7, 11) is 0. The predicted molar refractivity (Wildman–Crippen MR) is 71.2 cm³/mol. The molecule has 3 unspecified atom stereocenters. The Labute approximate surface area is 104 Å². The van der Waals surface area contributed by atoms with Crippen LogP contribution in [0.15, 0.2) is 24.3 Å². The minimum atomic E-state index is 0.140. The summed E-state index contributed by atoms with van der Waals surface area (Å²) < 4.78 is 6.17. The lowest BCUT2D eigenvalue weighted by atomic mass is 9.62. The number of ether oxygens (including phenoxy) is 1. The van der Waals surface area contributed by atoms with Gasteiger partial charge in [0.2, 0.25) is 0 Å². The molecule has 2 N–H and O–H groups in total. The maximum Gasteiger partial charge on any atom is 0.122 e. The molecule has 1 aliphatic carbocycles. The molecule has 0 amide bonds. The Balaban J connectivity index is 2.12. The smallest absolute Gasteiger partial charge is 0.122 e. The molecule has 3 atom stereocenters. The fourth-order valence-corrected chi connectivity index (χ4v) is 2.58. The van der Waals surface area contributed by atoms with Crippen LogP contribution in [0.25, 0.3) is 0 Å². The van der Waals surface area contributed by atoms with E-state index in [0.29, 0.717) is 0 Å². The maximum absolute atomic E-state index is 6.17. The third-order valence-corrected chi connectivity index (χ3v) is 4.44. The molecule has 2 heteroatoms. The van der Waals surface area contributed by atoms with Crippen molar-refractivity contribution in [3.63, 3.8) is 0 Å². The predicted octanol–water partition coefficient (Wildman–Crippen LogP) is 3.14. The summed E-state index contributed by atoms with van der Waals surface area (Å²) in [5.74, 6) is 1.03. The molecular weight excluding hydrogens is 210 g/mol. The molecule has 2 rings (SSSR count). The van der Waals surface area contributed by atoms with E-state index in [1.54, 1.807) is 0 Å². The zero-order valence-electron chi connectivity index (χ0n) is 11.1. The Bertz CT molecular complexity index is 390. The fourth-order valence-electron chi connectivity index (χ4n) is 2.58. The van der Waals surface area contributed by atoms with Gasteiger partial charge in [0.05, 0.1) is 0 Å². The molecule has 0 aromatic heterocycles. The van der Waals surface area contributed by atoms with Gasteiger partial charge in [0, 0.05) is 17.9 Å². The highest BCUT2D eigenvalue weighted by Crippen LogP contribution is 2.45. The molecule has 1 aromatic rings. The average Bonchev–Trinajstić information content (AvgIpc) is 2.37. The van der Waals surface area contributed by atoms with E-state index in [4.69, 9.17) is 10.5 Å². The molecule has 1 aliphatic rings. The number of para-hydroxylation sites is 1. The number of rotatable bonds is 4. The first-order chi connectivity index (χ1) is 8.11. The van der Waals surface area contributed by atoms with Gasteiger partial charge in [0.25, 0.3) is 0 Å². The number of hydrogen-bond donors (Lipinski definition) is 1. The van der Waals surface area contributed by atoms with Gasteiger partial charge in [-0.05, 0) is 24.5 Å². The highest BCUT2D eigenvalue weighted by molar-refractivity contribution is 5.34. The molecule has 0 spiro atoms. The normalized spacial score (nSPS) is 32.0. The van der Waals surface area contributed by atoms with Crippen LogP contribution in [0.5, 0.6) is 5.75 Å². The summed E-state index contributed by atoms with van der Waals surface area (Å²) in [5, 5.41) is 0. The van der Waals surface area contributed by atoms with Gasteiger partial charge in [0.1, 0.15) is 11.9 Å². The van der Waals surface area contributed by atoms with Crippen LogP contribution in [0.3, 0.4) is 0 Å². The van der Waals surface area contributed by atoms with E-state index in [0.717, 1.165) is 25.0 Å². The van der Waals surface area contributed by atoms with Crippen molar-refractivity contribution in [2.75, 3.05) is 0 Å². The summed E-state index contributed by atoms with van der Waals surface area (Å²) in [4.78, 5) is 0. The van der Waals surface area contributed by atoms with E-state index in [-0.39, 0.29) is 17.6 Å². The zero-order valence-corrected chi connectivity index (χ0v) is 11.1. The number of benzene rings is 1. The zero-order chi connectivity index (χ0) is 12.5. The summed E-state index contributed by atoms with van der Waals surface area (Å²) in [6.07, 6.45) is 3.34. The minimum Gasteiger partial charge on any atom is -0.489 e. The van der Waals surface area contributed by atoms with Gasteiger partial charge in [-0.2, -0.15) is 0 Å². The van der Waals surface area contributed by atoms with Crippen molar-refractivity contribution >= 4 is 0 Å². The van der Waals surface area contributed by atoms with Gasteiger partial charge in [-0.15, -0.1) is 0 Å². The number of aryl methyl sites for hydroxylation is 1. The van der Waals surface area contributed by atoms with Crippen molar-refractivity contribution in [1.82, 2.24) is 0 Å². The van der Waals surface area contributed by atoms with Gasteiger partial charge in [-0.1, -0.05) is 39.0 Å². The second kappa shape index (κ2) is 4.69. The lowest BCUT2D eigenvalue weighted by Crippen LogP contribution is -2.61. The van der Waals surface area contributed by atoms with Crippen LogP contribution in [-0.2, 0) is 6.42 Å². The summed E-state index contributed by atoms with van der Waals surface area (Å²) >= 11 is 0. The molecule has 0 aliphatic heterocycles. The first-order valence-electron chi connectivity index (χ1n) is 6.62. The van der Waals surface area contributed by atoms with Crippen molar-refractivity contribution < 1.29 is 4.74 Å². The molecule has 0 radical (unpaired) electrons. The summed E-state index contributed by atoms with van der Waals surface area (Å²) in [6, 6.07) is 8.59. The molecule has 2 nitrogen and oxygen atoms in total. The van der Waals surface area contributed by atoms with Crippen LogP contribution in [0.2, 0.25) is 0 Å². The second-order valence-electron chi connectivity index (χ2n) is 5.27. The Hall–Kier alpha value is -1.02. The second-order valence-corrected chi connectivity index (χ2v) is 5.27. The van der Waals surface area contributed by atoms with Crippen LogP contribution >= 0.6 is 0 Å². The van der Waals surface area contributed by atoms with Gasteiger partial charge in [-0.3, -0.25) is 0 Å². The van der Waals surface area contributed by atoms with E-state index < -0.39 is 0 Å². The molecule has 0 heterocycles. The van der Waals surface area contributed by atoms with Crippen LogP contribution < -0.4 is 10.5 Å². The molecule has 17 heavy (non-hydrogen) atoms. The monoisotopic (exact) mass is 233 g/mol. The van der Waals surface area contributed by atoms with Crippen LogP contribution in [0.4, 0.5) is 0 Å². The summed E-state index contributed by atoms with van der Waals surface area (Å²) in [6.45, 7) is 6.59. The molecule has 94 valence electrons. The summed E-state index contributed by atoms with van der Waals surface area (Å²) in [5.41, 5.74) is 7.53. The lowest BCUT2D eigenvalue weighted by Gasteiger charge is -2.51. The fraction of sp³-hybridized carbons (Fsp3) is 0.600. The van der Waals surface area contributed by atoms with E-state index >= 15 is 0 Å². The molecule has 0 bridgehead atoms. The molecule has 1 saturated carbocycles. The molecule has 1 fully saturated rings. The Kier molecular flexibility index (Phi) is 3.43. The van der Waals surface area contributed by atoms with Crippen molar-refractivity contribution in [3.05, 3.63) is 29.8 Å². The van der Waals surface area contributed by atoms with Crippen LogP contribution in [-0.4, -0.2) is 12.1 Å². The van der Waals surface area contributed by atoms with Crippen molar-refractivity contribution in [2.24, 2.45) is 11.1 Å². The largest absolute Gasteiger partial charge is 0.489 e. The topological polar surface area (TPSA) is 35.2 Å². The van der Waals surface area contributed by atoms with Crippen molar-refractivity contribution in [3.8, 4) is 5.75 Å². The molecule has 1 aromatic carbocycles. The quantitative estimate of drug-likeness (QED) is 0.867. The first kappa shape index (κ1) is 12.4. The standard InChI is InChI=1S/C15H23NO/c1-4-11-8-6-7-9-12(11)17-14-10-13(16)15(14,3)5-2/h6-9,13-14H,4-5,10,16H2,1-3H3. The Morgan fingerprint density at radius 3 is 2.65 bits per heavy atom. The van der Waals surface area contributed by atoms with Crippen LogP contribution in [0.1, 0.15) is 39.2 Å². The van der Waals surface area contributed by atoms with Gasteiger partial charge >= 0.3 is 0 Å². The third-order valence-electron chi connectivity index (χ3n) is 4.44. The van der Waals surface area contributed by atoms with Gasteiger partial charge < -0.3 is 10.5 Å². The molecular formula is C15H23NO. The first-order valence-corrected chi connectivity index (χ1v) is 6.62. The Morgan fingerprint density at radius 1 is 1.35 bits per heavy atom.